The average molecular weight is 362 g/mol. The monoisotopic (exact) mass is 362 g/mol. The van der Waals surface area contributed by atoms with Gasteiger partial charge in [-0.2, -0.15) is 13.2 Å². The number of allylic oxidation sites excluding steroid dienone is 1. The Morgan fingerprint density at radius 3 is 1.80 bits per heavy atom. The second-order valence-corrected chi connectivity index (χ2v) is 5.56. The largest absolute Gasteiger partial charge is 0.409 e. The van der Waals surface area contributed by atoms with E-state index in [0.717, 1.165) is 24.3 Å². The van der Waals surface area contributed by atoms with Crippen LogP contribution in [-0.4, -0.2) is 6.18 Å². The van der Waals surface area contributed by atoms with Crippen molar-refractivity contribution in [1.82, 2.24) is 0 Å². The van der Waals surface area contributed by atoms with Crippen LogP contribution in [0.5, 0.6) is 0 Å². The van der Waals surface area contributed by atoms with Crippen LogP contribution in [0.1, 0.15) is 22.3 Å². The Balaban J connectivity index is 2.21. The van der Waals surface area contributed by atoms with Crippen molar-refractivity contribution < 1.29 is 30.7 Å². The SMILES string of the molecule is Cc1cc(F)c(CCc2cc(F)c(C=CC(F)(F)F)c(F)c2)c(F)c1. The molecule has 0 aromatic heterocycles. The lowest BCUT2D eigenvalue weighted by Crippen LogP contribution is -2.03. The van der Waals surface area contributed by atoms with Crippen molar-refractivity contribution in [2.75, 3.05) is 0 Å². The van der Waals surface area contributed by atoms with Gasteiger partial charge < -0.3 is 0 Å². The van der Waals surface area contributed by atoms with Gasteiger partial charge >= 0.3 is 6.18 Å². The molecule has 0 N–H and O–H groups in total. The lowest BCUT2D eigenvalue weighted by Gasteiger charge is -2.08. The Morgan fingerprint density at radius 1 is 0.800 bits per heavy atom. The number of hydrogen-bond acceptors (Lipinski definition) is 0. The number of hydrogen-bond donors (Lipinski definition) is 0. The summed E-state index contributed by atoms with van der Waals surface area (Å²) < 4.78 is 91.4. The number of benzene rings is 2. The van der Waals surface area contributed by atoms with E-state index in [-0.39, 0.29) is 30.0 Å². The fourth-order valence-corrected chi connectivity index (χ4v) is 2.36. The zero-order chi connectivity index (χ0) is 18.8. The van der Waals surface area contributed by atoms with Crippen molar-refractivity contribution in [2.45, 2.75) is 25.9 Å². The minimum Gasteiger partial charge on any atom is -0.207 e. The van der Waals surface area contributed by atoms with E-state index in [1.807, 2.05) is 0 Å². The zero-order valence-electron chi connectivity index (χ0n) is 13.0. The maximum Gasteiger partial charge on any atom is 0.409 e. The number of aryl methyl sites for hydroxylation is 2. The highest BCUT2D eigenvalue weighted by molar-refractivity contribution is 5.52. The predicted molar refractivity (Wildman–Crippen MR) is 80.0 cm³/mol. The van der Waals surface area contributed by atoms with E-state index >= 15 is 0 Å². The molecule has 0 amide bonds. The maximum atomic E-state index is 13.8. The van der Waals surface area contributed by atoms with Crippen LogP contribution in [-0.2, 0) is 12.8 Å². The Kier molecular flexibility index (Phi) is 5.55. The summed E-state index contributed by atoms with van der Waals surface area (Å²) >= 11 is 0. The standard InChI is InChI=1S/C18H13F7/c1-10-6-14(19)12(15(20)7-10)3-2-11-8-16(21)13(17(22)9-11)4-5-18(23,24)25/h4-9H,2-3H2,1H3. The molecule has 7 heteroatoms. The van der Waals surface area contributed by atoms with E-state index in [9.17, 15) is 30.7 Å². The van der Waals surface area contributed by atoms with Gasteiger partial charge in [-0.05, 0) is 61.2 Å². The summed E-state index contributed by atoms with van der Waals surface area (Å²) in [7, 11) is 0. The predicted octanol–water partition coefficient (Wildman–Crippen LogP) is 5.91. The molecule has 0 fully saturated rings. The van der Waals surface area contributed by atoms with Gasteiger partial charge in [-0.3, -0.25) is 0 Å². The summed E-state index contributed by atoms with van der Waals surface area (Å²) in [6, 6.07) is 3.99. The molecule has 0 radical (unpaired) electrons. The quantitative estimate of drug-likeness (QED) is 0.593. The van der Waals surface area contributed by atoms with Crippen LogP contribution in [0.15, 0.2) is 30.3 Å². The summed E-state index contributed by atoms with van der Waals surface area (Å²) in [6.45, 7) is 1.52. The molecule has 0 aliphatic heterocycles. The summed E-state index contributed by atoms with van der Waals surface area (Å²) in [6.07, 6.45) is -4.89. The van der Waals surface area contributed by atoms with Gasteiger partial charge in [0.05, 0.1) is 0 Å². The first-order valence-electron chi connectivity index (χ1n) is 7.25. The van der Waals surface area contributed by atoms with Gasteiger partial charge in [0.15, 0.2) is 0 Å². The topological polar surface area (TPSA) is 0 Å². The van der Waals surface area contributed by atoms with Crippen LogP contribution in [0.4, 0.5) is 30.7 Å². The highest BCUT2D eigenvalue weighted by Gasteiger charge is 2.23. The average Bonchev–Trinajstić information content (AvgIpc) is 2.43. The minimum absolute atomic E-state index is 0.0754. The van der Waals surface area contributed by atoms with Crippen molar-refractivity contribution in [3.05, 3.63) is 75.9 Å². The lowest BCUT2D eigenvalue weighted by molar-refractivity contribution is -0.0790. The Hall–Kier alpha value is -2.31. The summed E-state index contributed by atoms with van der Waals surface area (Å²) in [5.74, 6) is -3.88. The fourth-order valence-electron chi connectivity index (χ4n) is 2.36. The molecular weight excluding hydrogens is 349 g/mol. The van der Waals surface area contributed by atoms with Gasteiger partial charge in [0, 0.05) is 17.2 Å². The van der Waals surface area contributed by atoms with E-state index in [4.69, 9.17) is 0 Å². The van der Waals surface area contributed by atoms with Crippen molar-refractivity contribution in [2.24, 2.45) is 0 Å². The molecule has 0 nitrogen and oxygen atoms in total. The zero-order valence-corrected chi connectivity index (χ0v) is 13.0. The normalized spacial score (nSPS) is 12.2. The molecule has 0 unspecified atom stereocenters. The number of rotatable bonds is 4. The van der Waals surface area contributed by atoms with Gasteiger partial charge in [-0.1, -0.05) is 0 Å². The van der Waals surface area contributed by atoms with E-state index in [2.05, 4.69) is 0 Å². The van der Waals surface area contributed by atoms with E-state index in [1.165, 1.54) is 6.92 Å². The Morgan fingerprint density at radius 2 is 1.32 bits per heavy atom. The molecule has 0 bridgehead atoms. The van der Waals surface area contributed by atoms with Gasteiger partial charge in [-0.15, -0.1) is 0 Å². The lowest BCUT2D eigenvalue weighted by atomic mass is 10.0. The summed E-state index contributed by atoms with van der Waals surface area (Å²) in [5.41, 5.74) is -0.559. The van der Waals surface area contributed by atoms with Crippen molar-refractivity contribution in [1.29, 1.82) is 0 Å². The third-order valence-electron chi connectivity index (χ3n) is 3.53. The smallest absolute Gasteiger partial charge is 0.207 e. The van der Waals surface area contributed by atoms with Crippen LogP contribution >= 0.6 is 0 Å². The Labute approximate surface area is 139 Å². The van der Waals surface area contributed by atoms with Crippen molar-refractivity contribution in [3.8, 4) is 0 Å². The summed E-state index contributed by atoms with van der Waals surface area (Å²) in [5, 5.41) is 0. The van der Waals surface area contributed by atoms with Gasteiger partial charge in [-0.25, -0.2) is 17.6 Å². The molecule has 2 aromatic carbocycles. The third kappa shape index (κ3) is 5.08. The van der Waals surface area contributed by atoms with Crippen LogP contribution in [0.25, 0.3) is 6.08 Å². The second-order valence-electron chi connectivity index (χ2n) is 5.56. The molecule has 0 aliphatic rings. The first-order valence-corrected chi connectivity index (χ1v) is 7.25. The highest BCUT2D eigenvalue weighted by atomic mass is 19.4. The maximum absolute atomic E-state index is 13.8. The Bertz CT molecular complexity index is 758. The fraction of sp³-hybridized carbons (Fsp3) is 0.222. The van der Waals surface area contributed by atoms with E-state index in [0.29, 0.717) is 11.6 Å². The third-order valence-corrected chi connectivity index (χ3v) is 3.53. The second kappa shape index (κ2) is 7.29. The van der Waals surface area contributed by atoms with Gasteiger partial charge in [0.1, 0.15) is 23.3 Å². The highest BCUT2D eigenvalue weighted by Crippen LogP contribution is 2.23. The minimum atomic E-state index is -4.70. The first kappa shape index (κ1) is 19.0. The molecule has 0 aliphatic carbocycles. The van der Waals surface area contributed by atoms with Crippen molar-refractivity contribution >= 4 is 6.08 Å². The molecular formula is C18H13F7. The summed E-state index contributed by atoms with van der Waals surface area (Å²) in [4.78, 5) is 0. The van der Waals surface area contributed by atoms with Crippen LogP contribution in [0.2, 0.25) is 0 Å². The first-order chi connectivity index (χ1) is 11.6. The molecule has 0 atom stereocenters. The number of alkyl halides is 3. The molecule has 25 heavy (non-hydrogen) atoms. The van der Waals surface area contributed by atoms with E-state index in [1.54, 1.807) is 0 Å². The van der Waals surface area contributed by atoms with Crippen molar-refractivity contribution in [3.63, 3.8) is 0 Å². The molecule has 0 saturated carbocycles. The van der Waals surface area contributed by atoms with Crippen LogP contribution < -0.4 is 0 Å². The molecule has 0 heterocycles. The van der Waals surface area contributed by atoms with Crippen LogP contribution in [0, 0.1) is 30.2 Å². The van der Waals surface area contributed by atoms with Gasteiger partial charge in [0.25, 0.3) is 0 Å². The molecule has 0 spiro atoms. The molecule has 2 aromatic rings. The number of halogens is 7. The molecule has 2 rings (SSSR count). The molecule has 0 saturated heterocycles. The molecule has 134 valence electrons. The van der Waals surface area contributed by atoms with Gasteiger partial charge in [0.2, 0.25) is 0 Å². The van der Waals surface area contributed by atoms with E-state index < -0.39 is 35.0 Å². The van der Waals surface area contributed by atoms with Crippen LogP contribution in [0.3, 0.4) is 0 Å².